The van der Waals surface area contributed by atoms with Crippen molar-refractivity contribution in [1.29, 1.82) is 0 Å². The van der Waals surface area contributed by atoms with E-state index in [0.717, 1.165) is 0 Å². The van der Waals surface area contributed by atoms with Crippen LogP contribution in [0.1, 0.15) is 18.0 Å². The molecule has 0 aromatic carbocycles. The molecule has 2 aliphatic rings. The molecule has 3 rings (SSSR count). The lowest BCUT2D eigenvalue weighted by atomic mass is 9.86. The molecule has 8 nitrogen and oxygen atoms in total. The van der Waals surface area contributed by atoms with Gasteiger partial charge in [-0.1, -0.05) is 0 Å². The number of rotatable bonds is 2. The quantitative estimate of drug-likeness (QED) is 0.542. The Balaban J connectivity index is 2.07. The van der Waals surface area contributed by atoms with Gasteiger partial charge in [0.05, 0.1) is 12.6 Å². The van der Waals surface area contributed by atoms with Crippen molar-refractivity contribution in [1.82, 2.24) is 9.55 Å². The molecular formula is C12H14N2O6. The highest BCUT2D eigenvalue weighted by atomic mass is 16.6. The topological polar surface area (TPSA) is 122 Å². The third kappa shape index (κ3) is 1.46. The predicted octanol–water partition coefficient (Wildman–Crippen LogP) is -1.95. The van der Waals surface area contributed by atoms with Crippen molar-refractivity contribution in [2.75, 3.05) is 6.61 Å². The van der Waals surface area contributed by atoms with Gasteiger partial charge in [0.15, 0.2) is 0 Å². The third-order valence-corrected chi connectivity index (χ3v) is 4.26. The smallest absolute Gasteiger partial charge is 0.328 e. The molecule has 0 radical (unpaired) electrons. The van der Waals surface area contributed by atoms with Gasteiger partial charge in [-0.2, -0.15) is 0 Å². The fourth-order valence-electron chi connectivity index (χ4n) is 3.03. The predicted molar refractivity (Wildman–Crippen MR) is 65.1 cm³/mol. The Morgan fingerprint density at radius 2 is 2.20 bits per heavy atom. The van der Waals surface area contributed by atoms with Gasteiger partial charge in [0, 0.05) is 11.8 Å². The molecule has 4 atom stereocenters. The van der Waals surface area contributed by atoms with Crippen LogP contribution in [0, 0.1) is 12.3 Å². The zero-order valence-corrected chi connectivity index (χ0v) is 10.7. The minimum atomic E-state index is -1.38. The van der Waals surface area contributed by atoms with Crippen LogP contribution in [0.25, 0.3) is 0 Å². The highest BCUT2D eigenvalue weighted by Gasteiger charge is 2.66. The maximum absolute atomic E-state index is 11.9. The van der Waals surface area contributed by atoms with Crippen molar-refractivity contribution in [3.8, 4) is 0 Å². The zero-order chi connectivity index (χ0) is 14.7. The molecule has 3 N–H and O–H groups in total. The van der Waals surface area contributed by atoms with E-state index in [9.17, 15) is 24.6 Å². The van der Waals surface area contributed by atoms with Crippen molar-refractivity contribution >= 4 is 5.97 Å². The number of aromatic amines is 1. The summed E-state index contributed by atoms with van der Waals surface area (Å²) in [5, 5.41) is 19.5. The molecule has 1 unspecified atom stereocenters. The van der Waals surface area contributed by atoms with Crippen molar-refractivity contribution in [2.45, 2.75) is 31.6 Å². The van der Waals surface area contributed by atoms with Gasteiger partial charge in [-0.25, -0.2) is 4.79 Å². The summed E-state index contributed by atoms with van der Waals surface area (Å²) in [6.45, 7) is 1.00. The average molecular weight is 282 g/mol. The van der Waals surface area contributed by atoms with Gasteiger partial charge in [-0.05, 0) is 13.3 Å². The van der Waals surface area contributed by atoms with Crippen LogP contribution in [0.15, 0.2) is 15.8 Å². The number of hydrogen-bond donors (Lipinski definition) is 3. The highest BCUT2D eigenvalue weighted by molar-refractivity contribution is 5.82. The first-order valence-corrected chi connectivity index (χ1v) is 6.23. The Morgan fingerprint density at radius 3 is 2.80 bits per heavy atom. The molecule has 0 spiro atoms. The molecule has 108 valence electrons. The fraction of sp³-hybridized carbons (Fsp3) is 0.583. The summed E-state index contributed by atoms with van der Waals surface area (Å²) in [5.74, 6) is -0.650. The average Bonchev–Trinajstić information content (AvgIpc) is 2.81. The molecule has 1 aliphatic carbocycles. The number of ether oxygens (including phenoxy) is 1. The number of hydrogen-bond acceptors (Lipinski definition) is 6. The summed E-state index contributed by atoms with van der Waals surface area (Å²) in [6.07, 6.45) is -0.584. The number of aromatic nitrogens is 2. The van der Waals surface area contributed by atoms with Gasteiger partial charge in [0.1, 0.15) is 17.6 Å². The minimum Gasteiger partial charge on any atom is -0.457 e. The monoisotopic (exact) mass is 282 g/mol. The van der Waals surface area contributed by atoms with Crippen LogP contribution in [-0.2, 0) is 9.53 Å². The van der Waals surface area contributed by atoms with Gasteiger partial charge in [0.25, 0.3) is 5.56 Å². The molecule has 0 amide bonds. The van der Waals surface area contributed by atoms with Crippen molar-refractivity contribution in [3.63, 3.8) is 0 Å². The normalized spacial score (nSPS) is 35.4. The molecular weight excluding hydrogens is 268 g/mol. The number of H-pyrrole nitrogens is 1. The second-order valence-electron chi connectivity index (χ2n) is 5.38. The molecule has 1 saturated heterocycles. The summed E-state index contributed by atoms with van der Waals surface area (Å²) in [7, 11) is 0. The van der Waals surface area contributed by atoms with Crippen LogP contribution >= 0.6 is 0 Å². The van der Waals surface area contributed by atoms with E-state index in [4.69, 9.17) is 4.74 Å². The Bertz CT molecular complexity index is 692. The van der Waals surface area contributed by atoms with E-state index in [1.165, 1.54) is 10.8 Å². The van der Waals surface area contributed by atoms with E-state index in [1.54, 1.807) is 6.92 Å². The van der Waals surface area contributed by atoms with Gasteiger partial charge in [-0.15, -0.1) is 0 Å². The van der Waals surface area contributed by atoms with Crippen LogP contribution in [0.4, 0.5) is 0 Å². The first kappa shape index (κ1) is 13.1. The van der Waals surface area contributed by atoms with Gasteiger partial charge in [-0.3, -0.25) is 19.1 Å². The molecule has 2 fully saturated rings. The van der Waals surface area contributed by atoms with E-state index in [1.807, 2.05) is 0 Å². The van der Waals surface area contributed by atoms with Gasteiger partial charge in [0.2, 0.25) is 0 Å². The lowest BCUT2D eigenvalue weighted by Gasteiger charge is -2.27. The molecule has 2 heterocycles. The van der Waals surface area contributed by atoms with Crippen molar-refractivity contribution < 1.29 is 19.7 Å². The SMILES string of the molecule is Cc1cn([C@@H]2C[C@@]3(CO)C(=O)O[C@H]2C3O)c(=O)[nH]c1=O. The summed E-state index contributed by atoms with van der Waals surface area (Å²) >= 11 is 0. The zero-order valence-electron chi connectivity index (χ0n) is 10.7. The van der Waals surface area contributed by atoms with Crippen LogP contribution < -0.4 is 11.2 Å². The third-order valence-electron chi connectivity index (χ3n) is 4.26. The maximum Gasteiger partial charge on any atom is 0.328 e. The van der Waals surface area contributed by atoms with E-state index in [2.05, 4.69) is 4.98 Å². The number of esters is 1. The lowest BCUT2D eigenvalue weighted by Crippen LogP contribution is -2.40. The molecule has 2 bridgehead atoms. The van der Waals surface area contributed by atoms with Crippen molar-refractivity contribution in [3.05, 3.63) is 32.6 Å². The highest BCUT2D eigenvalue weighted by Crippen LogP contribution is 2.51. The van der Waals surface area contributed by atoms with Crippen LogP contribution in [0.3, 0.4) is 0 Å². The molecule has 1 aromatic rings. The second-order valence-corrected chi connectivity index (χ2v) is 5.38. The molecule has 1 aromatic heterocycles. The van der Waals surface area contributed by atoms with E-state index < -0.39 is 47.5 Å². The second kappa shape index (κ2) is 4.03. The van der Waals surface area contributed by atoms with Gasteiger partial charge < -0.3 is 14.9 Å². The standard InChI is InChI=1S/C12H14N2O6/c1-5-3-14(11(19)13-9(5)17)6-2-12(4-15)8(16)7(6)20-10(12)18/h3,6-8,15-16H,2,4H2,1H3,(H,13,17,19)/t6-,7-,8?,12+/m1/s1. The lowest BCUT2D eigenvalue weighted by molar-refractivity contribution is -0.158. The van der Waals surface area contributed by atoms with E-state index >= 15 is 0 Å². The number of aliphatic hydroxyl groups is 2. The first-order valence-electron chi connectivity index (χ1n) is 6.23. The molecule has 1 aliphatic heterocycles. The maximum atomic E-state index is 11.9. The Kier molecular flexibility index (Phi) is 2.63. The van der Waals surface area contributed by atoms with E-state index in [-0.39, 0.29) is 6.42 Å². The molecule has 20 heavy (non-hydrogen) atoms. The van der Waals surface area contributed by atoms with Crippen LogP contribution in [0.2, 0.25) is 0 Å². The Labute approximate surface area is 112 Å². The largest absolute Gasteiger partial charge is 0.457 e. The summed E-state index contributed by atoms with van der Waals surface area (Å²) in [6, 6.07) is -0.599. The number of nitrogens with one attached hydrogen (secondary N) is 1. The van der Waals surface area contributed by atoms with Gasteiger partial charge >= 0.3 is 11.7 Å². The minimum absolute atomic E-state index is 0.0968. The molecule has 8 heteroatoms. The summed E-state index contributed by atoms with van der Waals surface area (Å²) < 4.78 is 6.30. The number of carbonyl (C=O) groups excluding carboxylic acids is 1. The summed E-state index contributed by atoms with van der Waals surface area (Å²) in [4.78, 5) is 37.1. The summed E-state index contributed by atoms with van der Waals surface area (Å²) in [5.41, 5.74) is -2.15. The Morgan fingerprint density at radius 1 is 1.50 bits per heavy atom. The number of carbonyl (C=O) groups is 1. The molecule has 1 saturated carbocycles. The number of aryl methyl sites for hydroxylation is 1. The van der Waals surface area contributed by atoms with Crippen LogP contribution in [-0.4, -0.2) is 44.5 Å². The van der Waals surface area contributed by atoms with Crippen LogP contribution in [0.5, 0.6) is 0 Å². The fourth-order valence-corrected chi connectivity index (χ4v) is 3.03. The first-order chi connectivity index (χ1) is 9.40. The number of aliphatic hydroxyl groups excluding tert-OH is 2. The number of fused-ring (bicyclic) bond motifs is 2. The number of nitrogens with zero attached hydrogens (tertiary/aromatic N) is 1. The van der Waals surface area contributed by atoms with E-state index in [0.29, 0.717) is 5.56 Å². The van der Waals surface area contributed by atoms with Crippen molar-refractivity contribution in [2.24, 2.45) is 5.41 Å². The Hall–Kier alpha value is -1.93.